The first-order chi connectivity index (χ1) is 9.82. The van der Waals surface area contributed by atoms with Crippen LogP contribution in [-0.2, 0) is 6.18 Å². The molecular formula is C14H13BF3NO2. The highest BCUT2D eigenvalue weighted by Crippen LogP contribution is 2.30. The van der Waals surface area contributed by atoms with Gasteiger partial charge in [0.25, 0.3) is 0 Å². The number of nitrogens with zero attached hydrogens (tertiary/aromatic N) is 1. The molecule has 110 valence electrons. The van der Waals surface area contributed by atoms with Crippen LogP contribution < -0.4 is 5.66 Å². The highest BCUT2D eigenvalue weighted by atomic mass is 19.4. The van der Waals surface area contributed by atoms with E-state index >= 15 is 0 Å². The minimum absolute atomic E-state index is 0.127. The summed E-state index contributed by atoms with van der Waals surface area (Å²) in [6, 6.07) is 4.64. The van der Waals surface area contributed by atoms with E-state index in [1.165, 1.54) is 18.2 Å². The van der Waals surface area contributed by atoms with Crippen molar-refractivity contribution < 1.29 is 22.7 Å². The van der Waals surface area contributed by atoms with Gasteiger partial charge in [0.15, 0.2) is 7.85 Å². The van der Waals surface area contributed by atoms with Gasteiger partial charge in [0.2, 0.25) is 5.89 Å². The van der Waals surface area contributed by atoms with Crippen LogP contribution in [0.5, 0.6) is 0 Å². The van der Waals surface area contributed by atoms with Gasteiger partial charge in [-0.25, -0.2) is 4.98 Å². The SMILES string of the molecule is Bc1oc(C(O)CC=C)nc1-c1ccc(C(F)(F)F)cc1. The van der Waals surface area contributed by atoms with Gasteiger partial charge in [0.1, 0.15) is 11.8 Å². The number of aliphatic hydroxyl groups excluding tert-OH is 1. The van der Waals surface area contributed by atoms with E-state index in [-0.39, 0.29) is 12.3 Å². The van der Waals surface area contributed by atoms with E-state index in [0.717, 1.165) is 12.1 Å². The van der Waals surface area contributed by atoms with Gasteiger partial charge in [-0.1, -0.05) is 18.2 Å². The lowest BCUT2D eigenvalue weighted by molar-refractivity contribution is -0.137. The topological polar surface area (TPSA) is 46.3 Å². The normalized spacial score (nSPS) is 13.1. The van der Waals surface area contributed by atoms with Crippen LogP contribution in [0.2, 0.25) is 0 Å². The van der Waals surface area contributed by atoms with Crippen molar-refractivity contribution in [2.24, 2.45) is 0 Å². The molecule has 0 bridgehead atoms. The molecule has 1 unspecified atom stereocenters. The molecule has 1 aromatic carbocycles. The second kappa shape index (κ2) is 5.77. The molecule has 1 heterocycles. The molecule has 1 N–H and O–H groups in total. The number of rotatable bonds is 4. The third-order valence-corrected chi connectivity index (χ3v) is 2.97. The molecule has 0 aliphatic rings. The Bertz CT molecular complexity index is 635. The van der Waals surface area contributed by atoms with Crippen LogP contribution >= 0.6 is 0 Å². The predicted molar refractivity (Wildman–Crippen MR) is 74.9 cm³/mol. The van der Waals surface area contributed by atoms with Crippen molar-refractivity contribution >= 4 is 13.5 Å². The molecule has 0 spiro atoms. The largest absolute Gasteiger partial charge is 0.454 e. The fourth-order valence-electron chi connectivity index (χ4n) is 1.90. The maximum atomic E-state index is 12.5. The summed E-state index contributed by atoms with van der Waals surface area (Å²) in [4.78, 5) is 4.14. The average molecular weight is 295 g/mol. The number of halogens is 3. The van der Waals surface area contributed by atoms with Crippen LogP contribution in [0.15, 0.2) is 41.3 Å². The van der Waals surface area contributed by atoms with E-state index in [9.17, 15) is 18.3 Å². The Kier molecular flexibility index (Phi) is 4.23. The summed E-state index contributed by atoms with van der Waals surface area (Å²) in [6.45, 7) is 3.51. The first kappa shape index (κ1) is 15.4. The number of alkyl halides is 3. The minimum Gasteiger partial charge on any atom is -0.454 e. The second-order valence-electron chi connectivity index (χ2n) is 4.57. The molecule has 21 heavy (non-hydrogen) atoms. The smallest absolute Gasteiger partial charge is 0.416 e. The van der Waals surface area contributed by atoms with Crippen LogP contribution in [0.4, 0.5) is 13.2 Å². The van der Waals surface area contributed by atoms with Gasteiger partial charge in [-0.2, -0.15) is 13.2 Å². The molecular weight excluding hydrogens is 282 g/mol. The van der Waals surface area contributed by atoms with Crippen molar-refractivity contribution in [2.75, 3.05) is 0 Å². The van der Waals surface area contributed by atoms with Crippen molar-refractivity contribution in [1.82, 2.24) is 4.98 Å². The Balaban J connectivity index is 2.32. The third-order valence-electron chi connectivity index (χ3n) is 2.97. The maximum Gasteiger partial charge on any atom is 0.416 e. The molecule has 3 nitrogen and oxygen atoms in total. The summed E-state index contributed by atoms with van der Waals surface area (Å²) in [5.41, 5.74) is 0.635. The molecule has 7 heteroatoms. The standard InChI is InChI=1S/C14H13BF3NO2/c1-2-3-10(20)13-19-11(12(15)21-13)8-4-6-9(7-5-8)14(16,17)18/h2,4-7,10,20H,1,3,15H2. The molecule has 0 amide bonds. The van der Waals surface area contributed by atoms with Crippen LogP contribution in [0.3, 0.4) is 0 Å². The highest BCUT2D eigenvalue weighted by molar-refractivity contribution is 6.33. The molecule has 1 aromatic heterocycles. The second-order valence-corrected chi connectivity index (χ2v) is 4.57. The third kappa shape index (κ3) is 3.36. The van der Waals surface area contributed by atoms with E-state index in [0.29, 0.717) is 16.9 Å². The summed E-state index contributed by atoms with van der Waals surface area (Å²) in [5.74, 6) is 0.127. The Morgan fingerprint density at radius 1 is 1.33 bits per heavy atom. The van der Waals surface area contributed by atoms with E-state index in [1.54, 1.807) is 7.85 Å². The van der Waals surface area contributed by atoms with Gasteiger partial charge in [-0.05, 0) is 18.6 Å². The summed E-state index contributed by atoms with van der Waals surface area (Å²) in [6.07, 6.45) is -3.47. The fraction of sp³-hybridized carbons (Fsp3) is 0.214. The first-order valence-corrected chi connectivity index (χ1v) is 6.27. The zero-order chi connectivity index (χ0) is 15.6. The molecule has 0 radical (unpaired) electrons. The van der Waals surface area contributed by atoms with Crippen molar-refractivity contribution in [1.29, 1.82) is 0 Å². The first-order valence-electron chi connectivity index (χ1n) is 6.27. The monoisotopic (exact) mass is 295 g/mol. The van der Waals surface area contributed by atoms with Crippen LogP contribution in [0.25, 0.3) is 11.3 Å². The molecule has 1 atom stereocenters. The lowest BCUT2D eigenvalue weighted by Gasteiger charge is -2.06. The van der Waals surface area contributed by atoms with Crippen LogP contribution in [0, 0.1) is 0 Å². The van der Waals surface area contributed by atoms with Crippen molar-refractivity contribution in [3.8, 4) is 11.3 Å². The Morgan fingerprint density at radius 3 is 2.48 bits per heavy atom. The Labute approximate surface area is 120 Å². The summed E-state index contributed by atoms with van der Waals surface area (Å²) < 4.78 is 42.9. The number of hydrogen-bond acceptors (Lipinski definition) is 3. The lowest BCUT2D eigenvalue weighted by Crippen LogP contribution is -2.05. The van der Waals surface area contributed by atoms with E-state index in [4.69, 9.17) is 4.42 Å². The molecule has 0 fully saturated rings. The number of aliphatic hydroxyl groups is 1. The molecule has 0 saturated heterocycles. The molecule has 2 aromatic rings. The van der Waals surface area contributed by atoms with Gasteiger partial charge in [0, 0.05) is 5.56 Å². The van der Waals surface area contributed by atoms with E-state index in [2.05, 4.69) is 11.6 Å². The summed E-state index contributed by atoms with van der Waals surface area (Å²) in [7, 11) is 1.64. The zero-order valence-electron chi connectivity index (χ0n) is 11.3. The number of aromatic nitrogens is 1. The minimum atomic E-state index is -4.37. The van der Waals surface area contributed by atoms with E-state index in [1.807, 2.05) is 0 Å². The molecule has 0 aliphatic carbocycles. The number of oxazole rings is 1. The lowest BCUT2D eigenvalue weighted by atomic mass is 9.98. The van der Waals surface area contributed by atoms with Crippen molar-refractivity contribution in [3.05, 3.63) is 48.4 Å². The molecule has 2 rings (SSSR count). The highest BCUT2D eigenvalue weighted by Gasteiger charge is 2.30. The summed E-state index contributed by atoms with van der Waals surface area (Å²) in [5, 5.41) is 9.78. The quantitative estimate of drug-likeness (QED) is 0.695. The van der Waals surface area contributed by atoms with Gasteiger partial charge >= 0.3 is 6.18 Å². The van der Waals surface area contributed by atoms with Crippen LogP contribution in [0.1, 0.15) is 24.0 Å². The van der Waals surface area contributed by atoms with Gasteiger partial charge in [-0.15, -0.1) is 6.58 Å². The molecule has 0 aliphatic heterocycles. The van der Waals surface area contributed by atoms with Crippen molar-refractivity contribution in [3.63, 3.8) is 0 Å². The number of benzene rings is 1. The zero-order valence-corrected chi connectivity index (χ0v) is 11.3. The maximum absolute atomic E-state index is 12.5. The van der Waals surface area contributed by atoms with Crippen LogP contribution in [-0.4, -0.2) is 17.9 Å². The van der Waals surface area contributed by atoms with Gasteiger partial charge in [0.05, 0.1) is 11.2 Å². The Morgan fingerprint density at radius 2 is 1.95 bits per heavy atom. The van der Waals surface area contributed by atoms with Gasteiger partial charge < -0.3 is 9.52 Å². The summed E-state index contributed by atoms with van der Waals surface area (Å²) >= 11 is 0. The van der Waals surface area contributed by atoms with E-state index < -0.39 is 17.8 Å². The predicted octanol–water partition coefficient (Wildman–Crippen LogP) is 2.23. The van der Waals surface area contributed by atoms with Crippen molar-refractivity contribution in [2.45, 2.75) is 18.7 Å². The number of hydrogen-bond donors (Lipinski definition) is 1. The van der Waals surface area contributed by atoms with Gasteiger partial charge in [-0.3, -0.25) is 0 Å². The Hall–Kier alpha value is -2.02. The molecule has 0 saturated carbocycles. The average Bonchev–Trinajstić information content (AvgIpc) is 2.80. The fourth-order valence-corrected chi connectivity index (χ4v) is 1.90.